The van der Waals surface area contributed by atoms with Gasteiger partial charge in [0.05, 0.1) is 13.6 Å². The summed E-state index contributed by atoms with van der Waals surface area (Å²) in [6.45, 7) is 3.08. The van der Waals surface area contributed by atoms with E-state index in [1.165, 1.54) is 0 Å². The topological polar surface area (TPSA) is 35.3 Å². The summed E-state index contributed by atoms with van der Waals surface area (Å²) >= 11 is 2.29. The Morgan fingerprint density at radius 1 is 1.80 bits per heavy atom. The quantitative estimate of drug-likeness (QED) is 0.287. The zero-order chi connectivity index (χ0) is 7.72. The zero-order valence-electron chi connectivity index (χ0n) is 6.13. The number of alkyl halides is 1. The summed E-state index contributed by atoms with van der Waals surface area (Å²) in [5.41, 5.74) is 0. The normalized spacial score (nSPS) is 33.9. The molecule has 0 aliphatic carbocycles. The molecule has 0 aromatic rings. The van der Waals surface area contributed by atoms with E-state index in [0.29, 0.717) is 9.97 Å². The van der Waals surface area contributed by atoms with Gasteiger partial charge in [-0.2, -0.15) is 0 Å². The van der Waals surface area contributed by atoms with Gasteiger partial charge in [-0.15, -0.1) is 0 Å². The summed E-state index contributed by atoms with van der Waals surface area (Å²) < 4.78 is 2.17. The molecule has 2 N–H and O–H groups in total. The Hall–Kier alpha value is 0. The van der Waals surface area contributed by atoms with Gasteiger partial charge in [-0.1, -0.05) is 6.92 Å². The third-order valence-electron chi connectivity index (χ3n) is 1.69. The molecular formula is C6H12IN2O+. The number of amidine groups is 1. The van der Waals surface area contributed by atoms with Crippen LogP contribution < -0.4 is 5.32 Å². The standard InChI is InChI=1S/C6H11IN2O/c1-4-3-9(2)6(10)8-5(4)7/h4-5H,3H2,1-2H3,(H,8,10)/p+1. The van der Waals surface area contributed by atoms with E-state index in [1.807, 2.05) is 11.6 Å². The Morgan fingerprint density at radius 3 is 2.90 bits per heavy atom. The molecule has 0 fully saturated rings. The van der Waals surface area contributed by atoms with E-state index in [9.17, 15) is 5.11 Å². The van der Waals surface area contributed by atoms with Gasteiger partial charge in [0.1, 0.15) is 0 Å². The lowest BCUT2D eigenvalue weighted by atomic mass is 10.1. The van der Waals surface area contributed by atoms with Gasteiger partial charge in [-0.3, -0.25) is 0 Å². The second-order valence-corrected chi connectivity index (χ2v) is 4.07. The van der Waals surface area contributed by atoms with E-state index >= 15 is 0 Å². The lowest BCUT2D eigenvalue weighted by Gasteiger charge is -2.20. The van der Waals surface area contributed by atoms with Gasteiger partial charge in [0.2, 0.25) is 0 Å². The van der Waals surface area contributed by atoms with Crippen LogP contribution in [0.15, 0.2) is 0 Å². The lowest BCUT2D eigenvalue weighted by Crippen LogP contribution is -2.47. The zero-order valence-corrected chi connectivity index (χ0v) is 8.29. The number of rotatable bonds is 0. The van der Waals surface area contributed by atoms with Crippen molar-refractivity contribution in [2.45, 2.75) is 11.0 Å². The van der Waals surface area contributed by atoms with Gasteiger partial charge in [0.25, 0.3) is 0 Å². The van der Waals surface area contributed by atoms with Crippen LogP contribution in [0.1, 0.15) is 6.92 Å². The van der Waals surface area contributed by atoms with Crippen molar-refractivity contribution in [2.24, 2.45) is 5.92 Å². The molecule has 0 radical (unpaired) electrons. The Balaban J connectivity index is 2.69. The molecule has 10 heavy (non-hydrogen) atoms. The highest BCUT2D eigenvalue weighted by Gasteiger charge is 2.28. The molecule has 0 aromatic heterocycles. The minimum Gasteiger partial charge on any atom is -0.447 e. The van der Waals surface area contributed by atoms with Gasteiger partial charge in [0.15, 0.2) is 4.05 Å². The molecular weight excluding hydrogens is 243 g/mol. The maximum atomic E-state index is 9.19. The first kappa shape index (κ1) is 8.10. The predicted molar refractivity (Wildman–Crippen MR) is 48.8 cm³/mol. The maximum absolute atomic E-state index is 9.19. The fourth-order valence-corrected chi connectivity index (χ4v) is 1.49. The van der Waals surface area contributed by atoms with Gasteiger partial charge in [0, 0.05) is 5.92 Å². The minimum absolute atomic E-state index is 0.289. The second kappa shape index (κ2) is 2.94. The number of aliphatic hydroxyl groups excluding tert-OH is 1. The summed E-state index contributed by atoms with van der Waals surface area (Å²) in [6, 6.07) is 0.289. The molecule has 1 rings (SSSR count). The molecule has 58 valence electrons. The van der Waals surface area contributed by atoms with E-state index in [1.54, 1.807) is 0 Å². The monoisotopic (exact) mass is 255 g/mol. The SMILES string of the molecule is CC1C[N+](C)=C(O)NC1I. The number of hydrogen-bond donors (Lipinski definition) is 2. The molecule has 0 spiro atoms. The summed E-state index contributed by atoms with van der Waals surface area (Å²) in [5.74, 6) is 0.585. The Labute approximate surface area is 74.3 Å². The van der Waals surface area contributed by atoms with E-state index < -0.39 is 0 Å². The van der Waals surface area contributed by atoms with Crippen LogP contribution >= 0.6 is 22.6 Å². The van der Waals surface area contributed by atoms with Crippen molar-refractivity contribution in [3.8, 4) is 0 Å². The molecule has 3 nitrogen and oxygen atoms in total. The Morgan fingerprint density at radius 2 is 2.40 bits per heavy atom. The number of aliphatic hydroxyl groups is 1. The van der Waals surface area contributed by atoms with Crippen molar-refractivity contribution >= 4 is 28.6 Å². The van der Waals surface area contributed by atoms with Crippen LogP contribution in [0, 0.1) is 5.92 Å². The molecule has 0 bridgehead atoms. The van der Waals surface area contributed by atoms with Crippen molar-refractivity contribution in [2.75, 3.05) is 13.6 Å². The smallest absolute Gasteiger partial charge is 0.442 e. The first-order chi connectivity index (χ1) is 4.61. The van der Waals surface area contributed by atoms with E-state index in [2.05, 4.69) is 34.8 Å². The van der Waals surface area contributed by atoms with Crippen molar-refractivity contribution in [1.82, 2.24) is 5.32 Å². The second-order valence-electron chi connectivity index (χ2n) is 2.73. The van der Waals surface area contributed by atoms with Crippen LogP contribution in [0.3, 0.4) is 0 Å². The molecule has 1 heterocycles. The van der Waals surface area contributed by atoms with Crippen LogP contribution in [0.5, 0.6) is 0 Å². The third-order valence-corrected chi connectivity index (χ3v) is 3.23. The van der Waals surface area contributed by atoms with E-state index in [0.717, 1.165) is 6.54 Å². The van der Waals surface area contributed by atoms with E-state index in [-0.39, 0.29) is 6.02 Å². The van der Waals surface area contributed by atoms with Gasteiger partial charge < -0.3 is 5.11 Å². The summed E-state index contributed by atoms with van der Waals surface area (Å²) in [4.78, 5) is 0. The molecule has 0 saturated carbocycles. The Bertz CT molecular complexity index is 151. The van der Waals surface area contributed by atoms with Crippen LogP contribution in [0.4, 0.5) is 0 Å². The van der Waals surface area contributed by atoms with Crippen LogP contribution in [-0.2, 0) is 0 Å². The van der Waals surface area contributed by atoms with Crippen molar-refractivity contribution in [3.05, 3.63) is 0 Å². The fourth-order valence-electron chi connectivity index (χ4n) is 0.987. The summed E-state index contributed by atoms with van der Waals surface area (Å²) in [7, 11) is 1.88. The lowest BCUT2D eigenvalue weighted by molar-refractivity contribution is -0.519. The van der Waals surface area contributed by atoms with Gasteiger partial charge in [-0.25, -0.2) is 9.89 Å². The molecule has 1 aliphatic heterocycles. The molecule has 2 atom stereocenters. The van der Waals surface area contributed by atoms with E-state index in [4.69, 9.17) is 0 Å². The van der Waals surface area contributed by atoms with Gasteiger partial charge >= 0.3 is 6.02 Å². The van der Waals surface area contributed by atoms with Gasteiger partial charge in [-0.05, 0) is 22.6 Å². The number of nitrogens with one attached hydrogen (secondary N) is 1. The molecule has 1 aliphatic rings. The van der Waals surface area contributed by atoms with Crippen molar-refractivity contribution < 1.29 is 9.68 Å². The molecule has 2 unspecified atom stereocenters. The molecule has 0 saturated heterocycles. The van der Waals surface area contributed by atoms with Crippen LogP contribution in [0.25, 0.3) is 0 Å². The van der Waals surface area contributed by atoms with Crippen molar-refractivity contribution in [3.63, 3.8) is 0 Å². The number of halogens is 1. The number of hydrogen-bond acceptors (Lipinski definition) is 1. The summed E-state index contributed by atoms with van der Waals surface area (Å²) in [5, 5.41) is 12.2. The van der Waals surface area contributed by atoms with Crippen molar-refractivity contribution in [1.29, 1.82) is 0 Å². The maximum Gasteiger partial charge on any atom is 0.442 e. The highest BCUT2D eigenvalue weighted by atomic mass is 127. The van der Waals surface area contributed by atoms with Crippen LogP contribution in [-0.4, -0.2) is 33.3 Å². The predicted octanol–water partition coefficient (Wildman–Crippen LogP) is 0.543. The molecule has 0 amide bonds. The average molecular weight is 255 g/mol. The highest BCUT2D eigenvalue weighted by molar-refractivity contribution is 14.1. The Kier molecular flexibility index (Phi) is 2.38. The first-order valence-corrected chi connectivity index (χ1v) is 4.53. The highest BCUT2D eigenvalue weighted by Crippen LogP contribution is 2.12. The number of nitrogens with zero attached hydrogens (tertiary/aromatic N) is 1. The third kappa shape index (κ3) is 1.53. The molecule has 4 heteroatoms. The summed E-state index contributed by atoms with van der Waals surface area (Å²) in [6.07, 6.45) is 0. The first-order valence-electron chi connectivity index (χ1n) is 3.29. The minimum atomic E-state index is 0.289. The van der Waals surface area contributed by atoms with Crippen LogP contribution in [0.2, 0.25) is 0 Å². The average Bonchev–Trinajstić information content (AvgIpc) is 1.84. The largest absolute Gasteiger partial charge is 0.447 e. The molecule has 0 aromatic carbocycles. The fraction of sp³-hybridized carbons (Fsp3) is 0.833.